The van der Waals surface area contributed by atoms with E-state index in [1.165, 1.54) is 7.11 Å². The molecule has 0 N–H and O–H groups in total. The second-order valence-corrected chi connectivity index (χ2v) is 4.65. The molecule has 0 aromatic heterocycles. The highest BCUT2D eigenvalue weighted by Crippen LogP contribution is 2.27. The molecule has 17 heavy (non-hydrogen) atoms. The van der Waals surface area contributed by atoms with Crippen LogP contribution in [0.4, 0.5) is 5.69 Å². The number of rotatable bonds is 5. The second kappa shape index (κ2) is 6.77. The molecule has 0 amide bonds. The van der Waals surface area contributed by atoms with Crippen LogP contribution in [0.3, 0.4) is 0 Å². The molecule has 0 unspecified atom stereocenters. The summed E-state index contributed by atoms with van der Waals surface area (Å²) in [6, 6.07) is 5.39. The zero-order valence-electron chi connectivity index (χ0n) is 10.2. The summed E-state index contributed by atoms with van der Waals surface area (Å²) >= 11 is 7.59. The van der Waals surface area contributed by atoms with Gasteiger partial charge in [0.25, 0.3) is 0 Å². The summed E-state index contributed by atoms with van der Waals surface area (Å²) in [7, 11) is 1.35. The van der Waals surface area contributed by atoms with Gasteiger partial charge in [0.2, 0.25) is 0 Å². The van der Waals surface area contributed by atoms with Crippen LogP contribution in [0.25, 0.3) is 0 Å². The standard InChI is InChI=1S/C12H16ClNO2S/c1-4-7-14(17-3)9-5-6-11(13)10(8-9)12(15)16-2/h5-6,8H,4,7H2,1-3H3. The van der Waals surface area contributed by atoms with Crippen molar-refractivity contribution in [1.29, 1.82) is 0 Å². The van der Waals surface area contributed by atoms with Gasteiger partial charge in [0.1, 0.15) is 0 Å². The van der Waals surface area contributed by atoms with Gasteiger partial charge in [-0.2, -0.15) is 0 Å². The number of methoxy groups -OCH3 is 1. The first-order valence-corrected chi connectivity index (χ1v) is 6.89. The molecule has 0 heterocycles. The molecule has 0 spiro atoms. The molecule has 1 rings (SSSR count). The number of benzene rings is 1. The van der Waals surface area contributed by atoms with Gasteiger partial charge in [-0.25, -0.2) is 4.79 Å². The average molecular weight is 274 g/mol. The highest BCUT2D eigenvalue weighted by Gasteiger charge is 2.13. The lowest BCUT2D eigenvalue weighted by atomic mass is 10.2. The van der Waals surface area contributed by atoms with Gasteiger partial charge < -0.3 is 9.04 Å². The molecule has 1 aromatic rings. The maximum Gasteiger partial charge on any atom is 0.339 e. The smallest absolute Gasteiger partial charge is 0.339 e. The van der Waals surface area contributed by atoms with Crippen molar-refractivity contribution in [2.75, 3.05) is 24.2 Å². The summed E-state index contributed by atoms with van der Waals surface area (Å²) in [4.78, 5) is 11.5. The van der Waals surface area contributed by atoms with Crippen molar-refractivity contribution in [1.82, 2.24) is 0 Å². The van der Waals surface area contributed by atoms with Gasteiger partial charge >= 0.3 is 5.97 Å². The molecule has 0 atom stereocenters. The minimum atomic E-state index is -0.408. The van der Waals surface area contributed by atoms with Crippen molar-refractivity contribution in [3.8, 4) is 0 Å². The van der Waals surface area contributed by atoms with Gasteiger partial charge in [-0.3, -0.25) is 0 Å². The van der Waals surface area contributed by atoms with Crippen LogP contribution in [-0.4, -0.2) is 25.9 Å². The van der Waals surface area contributed by atoms with Gasteiger partial charge in [0.05, 0.1) is 17.7 Å². The lowest BCUT2D eigenvalue weighted by Gasteiger charge is -2.21. The van der Waals surface area contributed by atoms with Crippen LogP contribution in [0, 0.1) is 0 Å². The zero-order valence-corrected chi connectivity index (χ0v) is 11.8. The van der Waals surface area contributed by atoms with E-state index in [9.17, 15) is 4.79 Å². The maximum atomic E-state index is 11.5. The minimum Gasteiger partial charge on any atom is -0.465 e. The van der Waals surface area contributed by atoms with Gasteiger partial charge in [-0.05, 0) is 24.6 Å². The predicted octanol–water partition coefficient (Wildman–Crippen LogP) is 3.62. The second-order valence-electron chi connectivity index (χ2n) is 3.44. The highest BCUT2D eigenvalue weighted by molar-refractivity contribution is 7.99. The molecule has 0 aliphatic heterocycles. The van der Waals surface area contributed by atoms with Gasteiger partial charge in [-0.15, -0.1) is 0 Å². The number of nitrogens with zero attached hydrogens (tertiary/aromatic N) is 1. The van der Waals surface area contributed by atoms with E-state index in [-0.39, 0.29) is 0 Å². The number of ether oxygens (including phenoxy) is 1. The van der Waals surface area contributed by atoms with Crippen molar-refractivity contribution in [3.63, 3.8) is 0 Å². The van der Waals surface area contributed by atoms with Crippen molar-refractivity contribution in [2.24, 2.45) is 0 Å². The fourth-order valence-corrected chi connectivity index (χ4v) is 2.35. The maximum absolute atomic E-state index is 11.5. The minimum absolute atomic E-state index is 0.404. The fourth-order valence-electron chi connectivity index (χ4n) is 1.46. The number of hydrogen-bond donors (Lipinski definition) is 0. The summed E-state index contributed by atoms with van der Waals surface area (Å²) < 4.78 is 6.81. The summed E-state index contributed by atoms with van der Waals surface area (Å²) in [6.07, 6.45) is 3.04. The molecule has 0 saturated heterocycles. The fraction of sp³-hybridized carbons (Fsp3) is 0.417. The molecule has 0 radical (unpaired) electrons. The first-order valence-electron chi connectivity index (χ1n) is 5.33. The van der Waals surface area contributed by atoms with Crippen molar-refractivity contribution in [3.05, 3.63) is 28.8 Å². The Bertz CT molecular complexity index is 398. The zero-order chi connectivity index (χ0) is 12.8. The molecule has 0 bridgehead atoms. The Morgan fingerprint density at radius 2 is 2.24 bits per heavy atom. The Hall–Kier alpha value is -0.870. The Labute approximate surface area is 111 Å². The third-order valence-electron chi connectivity index (χ3n) is 2.29. The molecule has 0 aliphatic carbocycles. The Morgan fingerprint density at radius 3 is 2.76 bits per heavy atom. The number of hydrogen-bond acceptors (Lipinski definition) is 4. The van der Waals surface area contributed by atoms with Crippen LogP contribution in [0.1, 0.15) is 23.7 Å². The van der Waals surface area contributed by atoms with Gasteiger partial charge in [0.15, 0.2) is 0 Å². The van der Waals surface area contributed by atoms with E-state index in [0.717, 1.165) is 18.7 Å². The van der Waals surface area contributed by atoms with Crippen molar-refractivity contribution < 1.29 is 9.53 Å². The monoisotopic (exact) mass is 273 g/mol. The molecule has 0 aliphatic rings. The van der Waals surface area contributed by atoms with E-state index in [1.54, 1.807) is 24.1 Å². The molecule has 1 aromatic carbocycles. The SMILES string of the molecule is CCCN(SC)c1ccc(Cl)c(C(=O)OC)c1. The third-order valence-corrected chi connectivity index (χ3v) is 3.45. The molecule has 0 saturated carbocycles. The molecular formula is C12H16ClNO2S. The van der Waals surface area contributed by atoms with Crippen LogP contribution < -0.4 is 4.31 Å². The average Bonchev–Trinajstić information content (AvgIpc) is 2.36. The Balaban J connectivity index is 3.06. The molecule has 94 valence electrons. The van der Waals surface area contributed by atoms with Crippen LogP contribution >= 0.6 is 23.5 Å². The van der Waals surface area contributed by atoms with Crippen LogP contribution in [0.5, 0.6) is 0 Å². The predicted molar refractivity (Wildman–Crippen MR) is 73.9 cm³/mol. The summed E-state index contributed by atoms with van der Waals surface area (Å²) in [5, 5.41) is 0.415. The first-order chi connectivity index (χ1) is 8.13. The normalized spacial score (nSPS) is 10.1. The number of carbonyl (C=O) groups excluding carboxylic acids is 1. The van der Waals surface area contributed by atoms with Crippen LogP contribution in [-0.2, 0) is 4.74 Å². The molecule has 0 fully saturated rings. The third kappa shape index (κ3) is 3.54. The molecular weight excluding hydrogens is 258 g/mol. The van der Waals surface area contributed by atoms with E-state index in [1.807, 2.05) is 12.3 Å². The molecule has 3 nitrogen and oxygen atoms in total. The van der Waals surface area contributed by atoms with Crippen molar-refractivity contribution in [2.45, 2.75) is 13.3 Å². The number of carbonyl (C=O) groups is 1. The lowest BCUT2D eigenvalue weighted by molar-refractivity contribution is 0.0601. The Kier molecular flexibility index (Phi) is 5.65. The van der Waals surface area contributed by atoms with Crippen molar-refractivity contribution >= 4 is 35.2 Å². The van der Waals surface area contributed by atoms with Crippen LogP contribution in [0.15, 0.2) is 18.2 Å². The van der Waals surface area contributed by atoms with E-state index >= 15 is 0 Å². The van der Waals surface area contributed by atoms with Gasteiger partial charge in [-0.1, -0.05) is 30.5 Å². The summed E-state index contributed by atoms with van der Waals surface area (Å²) in [6.45, 7) is 3.03. The first kappa shape index (κ1) is 14.2. The number of anilines is 1. The topological polar surface area (TPSA) is 29.5 Å². The molecule has 5 heteroatoms. The van der Waals surface area contributed by atoms with E-state index in [4.69, 9.17) is 16.3 Å². The van der Waals surface area contributed by atoms with E-state index in [0.29, 0.717) is 10.6 Å². The largest absolute Gasteiger partial charge is 0.465 e. The van der Waals surface area contributed by atoms with Crippen LogP contribution in [0.2, 0.25) is 5.02 Å². The summed E-state index contributed by atoms with van der Waals surface area (Å²) in [5.41, 5.74) is 1.37. The quantitative estimate of drug-likeness (QED) is 0.605. The number of halogens is 1. The van der Waals surface area contributed by atoms with E-state index in [2.05, 4.69) is 11.2 Å². The number of esters is 1. The van der Waals surface area contributed by atoms with Gasteiger partial charge in [0, 0.05) is 18.5 Å². The Morgan fingerprint density at radius 1 is 1.53 bits per heavy atom. The lowest BCUT2D eigenvalue weighted by Crippen LogP contribution is -2.15. The van der Waals surface area contributed by atoms with E-state index < -0.39 is 5.97 Å². The highest BCUT2D eigenvalue weighted by atomic mass is 35.5. The summed E-state index contributed by atoms with van der Waals surface area (Å²) in [5.74, 6) is -0.408.